The summed E-state index contributed by atoms with van der Waals surface area (Å²) in [5.74, 6) is 2.54. The van der Waals surface area contributed by atoms with Crippen LogP contribution in [0.1, 0.15) is 5.89 Å². The number of aromatic nitrogens is 3. The van der Waals surface area contributed by atoms with E-state index < -0.39 is 0 Å². The monoisotopic (exact) mass is 411 g/mol. The predicted octanol–water partition coefficient (Wildman–Crippen LogP) is 4.32. The zero-order chi connectivity index (χ0) is 18.9. The minimum Gasteiger partial charge on any atom is -0.439 e. The number of hydrogen-bond acceptors (Lipinski definition) is 7. The maximum Gasteiger partial charge on any atom is 0.209 e. The summed E-state index contributed by atoms with van der Waals surface area (Å²) in [4.78, 5) is 19.0. The van der Waals surface area contributed by atoms with Gasteiger partial charge in [-0.05, 0) is 35.7 Å². The molecule has 1 saturated heterocycles. The highest BCUT2D eigenvalue weighted by Gasteiger charge is 2.21. The van der Waals surface area contributed by atoms with Crippen LogP contribution in [0, 0.1) is 0 Å². The maximum atomic E-state index is 5.95. The Kier molecular flexibility index (Phi) is 4.72. The predicted molar refractivity (Wildman–Crippen MR) is 112 cm³/mol. The number of anilines is 1. The number of halogens is 1. The molecule has 6 nitrogen and oxygen atoms in total. The number of hydrogen-bond donors (Lipinski definition) is 0. The molecule has 4 aromatic rings. The summed E-state index contributed by atoms with van der Waals surface area (Å²) in [5, 5.41) is 3.92. The van der Waals surface area contributed by atoms with Gasteiger partial charge in [0.1, 0.15) is 17.0 Å². The molecule has 1 fully saturated rings. The zero-order valence-electron chi connectivity index (χ0n) is 15.1. The van der Waals surface area contributed by atoms with E-state index in [0.717, 1.165) is 59.4 Å². The van der Waals surface area contributed by atoms with Gasteiger partial charge in [-0.1, -0.05) is 11.6 Å². The molecule has 3 aromatic heterocycles. The zero-order valence-corrected chi connectivity index (χ0v) is 16.7. The Labute approximate surface area is 171 Å². The molecule has 0 amide bonds. The molecule has 28 heavy (non-hydrogen) atoms. The fourth-order valence-corrected chi connectivity index (χ4v) is 4.32. The van der Waals surface area contributed by atoms with Gasteiger partial charge in [-0.3, -0.25) is 4.90 Å². The molecule has 0 atom stereocenters. The van der Waals surface area contributed by atoms with E-state index in [-0.39, 0.29) is 0 Å². The quantitative estimate of drug-likeness (QED) is 0.498. The number of rotatable bonds is 4. The van der Waals surface area contributed by atoms with Crippen LogP contribution in [-0.2, 0) is 6.54 Å². The summed E-state index contributed by atoms with van der Waals surface area (Å²) in [7, 11) is 0. The topological polar surface area (TPSA) is 58.3 Å². The third kappa shape index (κ3) is 3.48. The molecule has 0 bridgehead atoms. The summed E-state index contributed by atoms with van der Waals surface area (Å²) in [6.45, 7) is 4.43. The van der Waals surface area contributed by atoms with E-state index >= 15 is 0 Å². The fraction of sp³-hybridized carbons (Fsp3) is 0.250. The lowest BCUT2D eigenvalue weighted by Gasteiger charge is -2.34. The van der Waals surface area contributed by atoms with Gasteiger partial charge in [0.05, 0.1) is 18.1 Å². The minimum absolute atomic E-state index is 0.707. The molecule has 142 valence electrons. The van der Waals surface area contributed by atoms with Crippen LogP contribution in [-0.4, -0.2) is 46.0 Å². The van der Waals surface area contributed by atoms with Crippen LogP contribution >= 0.6 is 22.9 Å². The van der Waals surface area contributed by atoms with Crippen molar-refractivity contribution < 1.29 is 4.42 Å². The van der Waals surface area contributed by atoms with E-state index in [0.29, 0.717) is 11.6 Å². The Morgan fingerprint density at radius 3 is 2.64 bits per heavy atom. The lowest BCUT2D eigenvalue weighted by molar-refractivity contribution is 0.227. The number of benzene rings is 1. The van der Waals surface area contributed by atoms with Crippen LogP contribution in [0.25, 0.3) is 21.5 Å². The van der Waals surface area contributed by atoms with Gasteiger partial charge in [-0.15, -0.1) is 11.3 Å². The second-order valence-corrected chi connectivity index (χ2v) is 8.06. The van der Waals surface area contributed by atoms with E-state index in [1.807, 2.05) is 24.3 Å². The standard InChI is InChI=1S/C20H18ClN5OS/c21-15-3-1-14(2-4-15)17-11-22-18(27-17)12-25-6-8-26(9-7-25)19-16-5-10-28-20(16)24-13-23-19/h1-5,10-11,13H,6-9,12H2. The van der Waals surface area contributed by atoms with E-state index in [2.05, 4.69) is 36.2 Å². The van der Waals surface area contributed by atoms with Crippen molar-refractivity contribution in [2.45, 2.75) is 6.54 Å². The van der Waals surface area contributed by atoms with Crippen molar-refractivity contribution in [1.82, 2.24) is 19.9 Å². The van der Waals surface area contributed by atoms with Crippen molar-refractivity contribution in [2.24, 2.45) is 0 Å². The highest BCUT2D eigenvalue weighted by Crippen LogP contribution is 2.28. The first-order valence-corrected chi connectivity index (χ1v) is 10.4. The molecule has 0 aliphatic carbocycles. The van der Waals surface area contributed by atoms with Crippen molar-refractivity contribution in [3.63, 3.8) is 0 Å². The van der Waals surface area contributed by atoms with Crippen LogP contribution in [0.5, 0.6) is 0 Å². The van der Waals surface area contributed by atoms with Crippen LogP contribution in [0.2, 0.25) is 5.02 Å². The number of oxazole rings is 1. The Hall–Kier alpha value is -2.48. The van der Waals surface area contributed by atoms with Gasteiger partial charge in [0.15, 0.2) is 5.76 Å². The largest absolute Gasteiger partial charge is 0.439 e. The molecule has 1 aromatic carbocycles. The van der Waals surface area contributed by atoms with Gasteiger partial charge in [0.2, 0.25) is 5.89 Å². The third-order valence-electron chi connectivity index (χ3n) is 4.95. The van der Waals surface area contributed by atoms with Crippen molar-refractivity contribution in [2.75, 3.05) is 31.1 Å². The highest BCUT2D eigenvalue weighted by molar-refractivity contribution is 7.16. The number of nitrogens with zero attached hydrogens (tertiary/aromatic N) is 5. The van der Waals surface area contributed by atoms with E-state index in [4.69, 9.17) is 16.0 Å². The number of piperazine rings is 1. The maximum absolute atomic E-state index is 5.95. The van der Waals surface area contributed by atoms with Gasteiger partial charge in [-0.2, -0.15) is 0 Å². The lowest BCUT2D eigenvalue weighted by atomic mass is 10.2. The molecule has 8 heteroatoms. The third-order valence-corrected chi connectivity index (χ3v) is 6.03. The average Bonchev–Trinajstić information content (AvgIpc) is 3.38. The first kappa shape index (κ1) is 17.6. The highest BCUT2D eigenvalue weighted by atomic mass is 35.5. The molecule has 0 unspecified atom stereocenters. The SMILES string of the molecule is Clc1ccc(-c2cnc(CN3CCN(c4ncnc5sccc45)CC3)o2)cc1. The van der Waals surface area contributed by atoms with E-state index in [1.165, 1.54) is 0 Å². The van der Waals surface area contributed by atoms with Crippen molar-refractivity contribution >= 4 is 39.0 Å². The Bertz CT molecular complexity index is 1090. The molecular weight excluding hydrogens is 394 g/mol. The lowest BCUT2D eigenvalue weighted by Crippen LogP contribution is -2.46. The molecule has 0 N–H and O–H groups in total. The van der Waals surface area contributed by atoms with Gasteiger partial charge in [-0.25, -0.2) is 15.0 Å². The van der Waals surface area contributed by atoms with Gasteiger partial charge in [0.25, 0.3) is 0 Å². The second kappa shape index (κ2) is 7.50. The van der Waals surface area contributed by atoms with Crippen LogP contribution in [0.15, 0.2) is 52.7 Å². The van der Waals surface area contributed by atoms with Crippen molar-refractivity contribution in [1.29, 1.82) is 0 Å². The molecular formula is C20H18ClN5OS. The van der Waals surface area contributed by atoms with Gasteiger partial charge in [0, 0.05) is 36.8 Å². The normalized spacial score (nSPS) is 15.4. The molecule has 1 aliphatic heterocycles. The average molecular weight is 412 g/mol. The summed E-state index contributed by atoms with van der Waals surface area (Å²) in [5.41, 5.74) is 0.983. The summed E-state index contributed by atoms with van der Waals surface area (Å²) < 4.78 is 5.94. The minimum atomic E-state index is 0.707. The summed E-state index contributed by atoms with van der Waals surface area (Å²) >= 11 is 7.60. The smallest absolute Gasteiger partial charge is 0.209 e. The van der Waals surface area contributed by atoms with E-state index in [9.17, 15) is 0 Å². The summed E-state index contributed by atoms with van der Waals surface area (Å²) in [6, 6.07) is 9.70. The van der Waals surface area contributed by atoms with E-state index in [1.54, 1.807) is 23.9 Å². The molecule has 5 rings (SSSR count). The number of fused-ring (bicyclic) bond motifs is 1. The van der Waals surface area contributed by atoms with Crippen LogP contribution in [0.4, 0.5) is 5.82 Å². The van der Waals surface area contributed by atoms with Gasteiger partial charge >= 0.3 is 0 Å². The first-order chi connectivity index (χ1) is 13.8. The molecule has 0 spiro atoms. The first-order valence-electron chi connectivity index (χ1n) is 9.12. The Morgan fingerprint density at radius 2 is 1.82 bits per heavy atom. The molecule has 1 aliphatic rings. The van der Waals surface area contributed by atoms with Crippen LogP contribution < -0.4 is 4.90 Å². The molecule has 0 saturated carbocycles. The number of thiophene rings is 1. The fourth-order valence-electron chi connectivity index (χ4n) is 3.47. The van der Waals surface area contributed by atoms with Gasteiger partial charge < -0.3 is 9.32 Å². The van der Waals surface area contributed by atoms with Crippen molar-refractivity contribution in [3.05, 3.63) is 59.1 Å². The summed E-state index contributed by atoms with van der Waals surface area (Å²) in [6.07, 6.45) is 3.44. The second-order valence-electron chi connectivity index (χ2n) is 6.73. The Balaban J connectivity index is 1.23. The van der Waals surface area contributed by atoms with Crippen molar-refractivity contribution in [3.8, 4) is 11.3 Å². The molecule has 0 radical (unpaired) electrons. The molecule has 4 heterocycles. The van der Waals surface area contributed by atoms with Crippen LogP contribution in [0.3, 0.4) is 0 Å². The Morgan fingerprint density at radius 1 is 1.00 bits per heavy atom.